The van der Waals surface area contributed by atoms with Gasteiger partial charge in [-0.1, -0.05) is 11.1 Å². The van der Waals surface area contributed by atoms with E-state index in [1.807, 2.05) is 18.2 Å². The molecule has 31 heavy (non-hydrogen) atoms. The third-order valence-electron chi connectivity index (χ3n) is 4.10. The molecule has 0 spiro atoms. The number of imidazole rings is 1. The smallest absolute Gasteiger partial charge is 0.434 e. The van der Waals surface area contributed by atoms with Crippen LogP contribution in [0.5, 0.6) is 0 Å². The number of carbonyl (C=O) groups is 1. The molecule has 0 aromatic carbocycles. The van der Waals surface area contributed by atoms with Crippen LogP contribution in [0.4, 0.5) is 5.95 Å². The van der Waals surface area contributed by atoms with E-state index in [0.29, 0.717) is 59.3 Å². The second kappa shape index (κ2) is 14.1. The molecule has 0 saturated heterocycles. The summed E-state index contributed by atoms with van der Waals surface area (Å²) in [6, 6.07) is 5.52. The highest BCUT2D eigenvalue weighted by molar-refractivity contribution is 5.69. The second-order valence-electron chi connectivity index (χ2n) is 6.44. The highest BCUT2D eigenvalue weighted by Crippen LogP contribution is 2.06. The topological polar surface area (TPSA) is 142 Å². The molecule has 1 N–H and O–H groups in total. The summed E-state index contributed by atoms with van der Waals surface area (Å²) in [5.74, 6) is -1.11. The van der Waals surface area contributed by atoms with E-state index >= 15 is 0 Å². The van der Waals surface area contributed by atoms with E-state index in [-0.39, 0.29) is 12.5 Å². The summed E-state index contributed by atoms with van der Waals surface area (Å²) in [4.78, 5) is 30.9. The van der Waals surface area contributed by atoms with Crippen molar-refractivity contribution in [3.63, 3.8) is 0 Å². The summed E-state index contributed by atoms with van der Waals surface area (Å²) in [7, 11) is 0. The third-order valence-corrected chi connectivity index (χ3v) is 4.10. The van der Waals surface area contributed by atoms with Gasteiger partial charge in [0.05, 0.1) is 58.4 Å². The molecule has 2 aromatic rings. The maximum atomic E-state index is 11.0. The first-order valence-corrected chi connectivity index (χ1v) is 9.79. The normalized spacial score (nSPS) is 11.1. The number of nitrogens with zero attached hydrogens (tertiary/aromatic N) is 5. The molecule has 2 heterocycles. The lowest BCUT2D eigenvalue weighted by Gasteiger charge is -2.19. The van der Waals surface area contributed by atoms with Gasteiger partial charge in [0.25, 0.3) is 0 Å². The molecule has 2 aromatic heterocycles. The minimum atomic E-state index is -0.901. The van der Waals surface area contributed by atoms with Gasteiger partial charge in [0.2, 0.25) is 0 Å². The number of hydrogen-bond donors (Lipinski definition) is 1. The van der Waals surface area contributed by atoms with Gasteiger partial charge in [-0.2, -0.15) is 0 Å². The van der Waals surface area contributed by atoms with Crippen molar-refractivity contribution >= 4 is 11.9 Å². The number of ether oxygens (including phenoxy) is 3. The first-order valence-electron chi connectivity index (χ1n) is 9.79. The molecule has 0 aliphatic rings. The van der Waals surface area contributed by atoms with Gasteiger partial charge < -0.3 is 29.4 Å². The van der Waals surface area contributed by atoms with Gasteiger partial charge in [-0.3, -0.25) is 14.7 Å². The zero-order chi connectivity index (χ0) is 22.3. The van der Waals surface area contributed by atoms with E-state index in [2.05, 4.69) is 9.97 Å². The number of nitro groups is 1. The van der Waals surface area contributed by atoms with Crippen LogP contribution in [-0.4, -0.2) is 88.2 Å². The minimum Gasteiger partial charge on any atom is -0.480 e. The van der Waals surface area contributed by atoms with Crippen LogP contribution in [0.3, 0.4) is 0 Å². The molecule has 12 heteroatoms. The molecule has 0 aliphatic heterocycles. The maximum Gasteiger partial charge on any atom is 0.434 e. The van der Waals surface area contributed by atoms with Crippen LogP contribution >= 0.6 is 0 Å². The minimum absolute atomic E-state index is 0.0873. The van der Waals surface area contributed by atoms with Crippen LogP contribution in [0.25, 0.3) is 0 Å². The van der Waals surface area contributed by atoms with E-state index in [1.54, 1.807) is 11.1 Å². The molecule has 0 fully saturated rings. The first-order chi connectivity index (χ1) is 15.1. The highest BCUT2D eigenvalue weighted by atomic mass is 16.6. The summed E-state index contributed by atoms with van der Waals surface area (Å²) in [5, 5.41) is 19.8. The van der Waals surface area contributed by atoms with Gasteiger partial charge in [-0.15, -0.1) is 0 Å². The Bertz CT molecular complexity index is 787. The second-order valence-corrected chi connectivity index (χ2v) is 6.44. The van der Waals surface area contributed by atoms with Crippen LogP contribution in [0, 0.1) is 10.1 Å². The van der Waals surface area contributed by atoms with Crippen LogP contribution in [0.1, 0.15) is 5.69 Å². The zero-order valence-corrected chi connectivity index (χ0v) is 17.2. The van der Waals surface area contributed by atoms with Crippen molar-refractivity contribution in [2.75, 3.05) is 52.7 Å². The molecule has 0 atom stereocenters. The third kappa shape index (κ3) is 10.1. The Morgan fingerprint density at radius 3 is 2.42 bits per heavy atom. The van der Waals surface area contributed by atoms with Crippen molar-refractivity contribution in [1.29, 1.82) is 0 Å². The lowest BCUT2D eigenvalue weighted by atomic mass is 10.3. The molecule has 0 amide bonds. The lowest BCUT2D eigenvalue weighted by molar-refractivity contribution is -0.396. The molecule has 0 saturated carbocycles. The van der Waals surface area contributed by atoms with E-state index in [9.17, 15) is 14.9 Å². The molecule has 2 rings (SSSR count). The van der Waals surface area contributed by atoms with Crippen molar-refractivity contribution in [2.24, 2.45) is 0 Å². The Morgan fingerprint density at radius 1 is 1.06 bits per heavy atom. The highest BCUT2D eigenvalue weighted by Gasteiger charge is 2.13. The average Bonchev–Trinajstić information content (AvgIpc) is 3.21. The van der Waals surface area contributed by atoms with Crippen molar-refractivity contribution < 1.29 is 29.0 Å². The molecular weight excluding hydrogens is 410 g/mol. The standard InChI is InChI=1S/C19H27N5O7/c25-18(26)16-22(15-17-3-1-2-4-20-17)7-9-29-11-13-31-14-12-30-10-8-23-6-5-21-19(23)24(27)28/h1-6H,7-16H2,(H,25,26). The number of pyridine rings is 1. The van der Waals surface area contributed by atoms with Crippen LogP contribution in [0.2, 0.25) is 0 Å². The van der Waals surface area contributed by atoms with Crippen molar-refractivity contribution in [2.45, 2.75) is 13.1 Å². The Morgan fingerprint density at radius 2 is 1.77 bits per heavy atom. The predicted molar refractivity (Wildman–Crippen MR) is 108 cm³/mol. The van der Waals surface area contributed by atoms with Gasteiger partial charge in [0, 0.05) is 19.3 Å². The molecule has 0 radical (unpaired) electrons. The largest absolute Gasteiger partial charge is 0.480 e. The van der Waals surface area contributed by atoms with Crippen molar-refractivity contribution in [3.05, 3.63) is 52.6 Å². The van der Waals surface area contributed by atoms with E-state index in [1.165, 1.54) is 17.0 Å². The quantitative estimate of drug-likeness (QED) is 0.215. The number of hydrogen-bond acceptors (Lipinski definition) is 9. The van der Waals surface area contributed by atoms with Crippen molar-refractivity contribution in [1.82, 2.24) is 19.4 Å². The van der Waals surface area contributed by atoms with E-state index < -0.39 is 10.9 Å². The number of rotatable bonds is 17. The van der Waals surface area contributed by atoms with Gasteiger partial charge in [-0.25, -0.2) is 4.57 Å². The fourth-order valence-corrected chi connectivity index (χ4v) is 2.67. The first kappa shape index (κ1) is 24.3. The summed E-state index contributed by atoms with van der Waals surface area (Å²) in [5.41, 5.74) is 0.801. The fourth-order valence-electron chi connectivity index (χ4n) is 2.67. The number of carboxylic acids is 1. The molecule has 0 aliphatic carbocycles. The SMILES string of the molecule is O=C(O)CN(CCOCCOCCOCCn1ccnc1[N+](=O)[O-])Cc1ccccn1. The van der Waals surface area contributed by atoms with E-state index in [4.69, 9.17) is 19.3 Å². The molecule has 12 nitrogen and oxygen atoms in total. The lowest BCUT2D eigenvalue weighted by Crippen LogP contribution is -2.33. The Kier molecular flexibility index (Phi) is 11.1. The summed E-state index contributed by atoms with van der Waals surface area (Å²) in [6.45, 7) is 3.34. The van der Waals surface area contributed by atoms with E-state index in [0.717, 1.165) is 5.69 Å². The molecule has 0 bridgehead atoms. The Hall–Kier alpha value is -2.93. The van der Waals surface area contributed by atoms with Gasteiger partial charge in [0.15, 0.2) is 0 Å². The number of carboxylic acid groups (broad SMARTS) is 1. The Labute approximate surface area is 179 Å². The van der Waals surface area contributed by atoms with Gasteiger partial charge in [-0.05, 0) is 17.1 Å². The predicted octanol–water partition coefficient (Wildman–Crippen LogP) is 0.823. The summed E-state index contributed by atoms with van der Waals surface area (Å²) >= 11 is 0. The monoisotopic (exact) mass is 437 g/mol. The fraction of sp³-hybridized carbons (Fsp3) is 0.526. The van der Waals surface area contributed by atoms with Crippen LogP contribution < -0.4 is 0 Å². The molecular formula is C19H27N5O7. The number of aliphatic carboxylic acids is 1. The maximum absolute atomic E-state index is 11.0. The number of aromatic nitrogens is 3. The molecule has 0 unspecified atom stereocenters. The van der Waals surface area contributed by atoms with Crippen LogP contribution in [-0.2, 0) is 32.1 Å². The summed E-state index contributed by atoms with van der Waals surface area (Å²) in [6.07, 6.45) is 4.58. The zero-order valence-electron chi connectivity index (χ0n) is 17.2. The summed E-state index contributed by atoms with van der Waals surface area (Å²) < 4.78 is 17.7. The van der Waals surface area contributed by atoms with Gasteiger partial charge in [0.1, 0.15) is 12.4 Å². The van der Waals surface area contributed by atoms with Crippen LogP contribution in [0.15, 0.2) is 36.8 Å². The molecule has 170 valence electrons. The van der Waals surface area contributed by atoms with Crippen molar-refractivity contribution in [3.8, 4) is 0 Å². The van der Waals surface area contributed by atoms with Gasteiger partial charge >= 0.3 is 11.9 Å². The Balaban J connectivity index is 1.48. The average molecular weight is 437 g/mol.